The summed E-state index contributed by atoms with van der Waals surface area (Å²) < 4.78 is 18.7. The lowest BCUT2D eigenvalue weighted by Gasteiger charge is -2.35. The third kappa shape index (κ3) is 4.60. The molecule has 24 heavy (non-hydrogen) atoms. The fourth-order valence-corrected chi connectivity index (χ4v) is 3.22. The Balaban J connectivity index is 1.73. The predicted octanol–water partition coefficient (Wildman–Crippen LogP) is 4.03. The lowest BCUT2D eigenvalue weighted by molar-refractivity contribution is 0.0176. The average molecular weight is 344 g/mol. The quantitative estimate of drug-likeness (QED) is 0.828. The van der Waals surface area contributed by atoms with Crippen molar-refractivity contribution in [2.45, 2.75) is 12.5 Å². The van der Waals surface area contributed by atoms with Crippen LogP contribution in [0.1, 0.15) is 18.0 Å². The molecular weight excluding hydrogens is 323 g/mol. The Labute approximate surface area is 147 Å². The van der Waals surface area contributed by atoms with Crippen molar-refractivity contribution in [3.63, 3.8) is 0 Å². The van der Waals surface area contributed by atoms with Gasteiger partial charge in [-0.15, -0.1) is 0 Å². The van der Waals surface area contributed by atoms with E-state index in [-0.39, 0.29) is 11.9 Å². The maximum atomic E-state index is 13.3. The highest BCUT2D eigenvalue weighted by Crippen LogP contribution is 2.26. The third-order valence-corrected chi connectivity index (χ3v) is 4.45. The van der Waals surface area contributed by atoms with Gasteiger partial charge in [0.25, 0.3) is 0 Å². The van der Waals surface area contributed by atoms with Gasteiger partial charge in [0, 0.05) is 31.2 Å². The number of nitrogens with one attached hydrogen (secondary N) is 1. The second-order valence-electron chi connectivity index (χ2n) is 5.83. The zero-order valence-electron chi connectivity index (χ0n) is 13.5. The summed E-state index contributed by atoms with van der Waals surface area (Å²) in [5.41, 5.74) is 2.07. The van der Waals surface area contributed by atoms with E-state index < -0.39 is 0 Å². The maximum absolute atomic E-state index is 13.3. The van der Waals surface area contributed by atoms with E-state index in [0.717, 1.165) is 42.5 Å². The van der Waals surface area contributed by atoms with Crippen LogP contribution in [0.2, 0.25) is 0 Å². The minimum absolute atomic E-state index is 0.123. The Bertz CT molecular complexity index is 657. The van der Waals surface area contributed by atoms with Gasteiger partial charge in [0.15, 0.2) is 0 Å². The number of morpholine rings is 1. The molecule has 3 rings (SSSR count). The Morgan fingerprint density at radius 2 is 1.75 bits per heavy atom. The number of thiocarbonyl (C=S) groups is 1. The van der Waals surface area contributed by atoms with E-state index >= 15 is 0 Å². The van der Waals surface area contributed by atoms with E-state index in [9.17, 15) is 4.39 Å². The highest BCUT2D eigenvalue weighted by atomic mass is 32.1. The molecule has 0 amide bonds. The molecule has 2 aromatic carbocycles. The monoisotopic (exact) mass is 344 g/mol. The molecule has 1 N–H and O–H groups in total. The molecule has 3 nitrogen and oxygen atoms in total. The van der Waals surface area contributed by atoms with Gasteiger partial charge in [-0.2, -0.15) is 0 Å². The zero-order chi connectivity index (χ0) is 16.8. The minimum Gasteiger partial charge on any atom is -0.379 e. The Morgan fingerprint density at radius 1 is 1.08 bits per heavy atom. The molecule has 0 radical (unpaired) electrons. The summed E-state index contributed by atoms with van der Waals surface area (Å²) in [6.07, 6.45) is 0.690. The van der Waals surface area contributed by atoms with Gasteiger partial charge < -0.3 is 10.1 Å². The van der Waals surface area contributed by atoms with Crippen LogP contribution in [-0.4, -0.2) is 36.2 Å². The van der Waals surface area contributed by atoms with E-state index in [1.54, 1.807) is 0 Å². The van der Waals surface area contributed by atoms with Gasteiger partial charge in [-0.1, -0.05) is 42.5 Å². The van der Waals surface area contributed by atoms with Crippen molar-refractivity contribution in [1.29, 1.82) is 0 Å². The highest BCUT2D eigenvalue weighted by Gasteiger charge is 2.24. The Kier molecular flexibility index (Phi) is 5.91. The van der Waals surface area contributed by atoms with Gasteiger partial charge in [0.1, 0.15) is 5.82 Å². The first-order valence-electron chi connectivity index (χ1n) is 8.14. The van der Waals surface area contributed by atoms with Crippen molar-refractivity contribution in [3.8, 4) is 0 Å². The van der Waals surface area contributed by atoms with E-state index in [4.69, 9.17) is 17.0 Å². The molecule has 126 valence electrons. The zero-order valence-corrected chi connectivity index (χ0v) is 14.3. The number of nitrogens with zero attached hydrogens (tertiary/aromatic N) is 1. The molecule has 0 aliphatic carbocycles. The van der Waals surface area contributed by atoms with E-state index in [1.165, 1.54) is 12.1 Å². The Morgan fingerprint density at radius 3 is 2.42 bits per heavy atom. The standard InChI is InChI=1S/C19H21FN2OS/c20-16-8-6-15(7-9-16)18(22-10-12-23-13-11-22)14-19(24)21-17-4-2-1-3-5-17/h1-9,18H,10-14H2,(H,21,24)/t18-/m0/s1. The number of hydrogen-bond acceptors (Lipinski definition) is 3. The first-order chi connectivity index (χ1) is 11.7. The fourth-order valence-electron chi connectivity index (χ4n) is 2.94. The van der Waals surface area contributed by atoms with E-state index in [2.05, 4.69) is 10.2 Å². The van der Waals surface area contributed by atoms with Crippen molar-refractivity contribution in [2.24, 2.45) is 0 Å². The number of benzene rings is 2. The normalized spacial score (nSPS) is 16.5. The largest absolute Gasteiger partial charge is 0.379 e. The molecule has 0 unspecified atom stereocenters. The smallest absolute Gasteiger partial charge is 0.123 e. The maximum Gasteiger partial charge on any atom is 0.123 e. The van der Waals surface area contributed by atoms with Crippen LogP contribution in [0.4, 0.5) is 10.1 Å². The number of anilines is 1. The molecule has 1 aliphatic rings. The predicted molar refractivity (Wildman–Crippen MR) is 98.8 cm³/mol. The lowest BCUT2D eigenvalue weighted by atomic mass is 10.0. The van der Waals surface area contributed by atoms with Crippen molar-refractivity contribution >= 4 is 22.9 Å². The molecule has 1 aliphatic heterocycles. The minimum atomic E-state index is -0.218. The van der Waals surface area contributed by atoms with Crippen molar-refractivity contribution in [3.05, 3.63) is 66.0 Å². The first kappa shape index (κ1) is 17.0. The Hall–Kier alpha value is -1.82. The van der Waals surface area contributed by atoms with Crippen LogP contribution in [0.25, 0.3) is 0 Å². The summed E-state index contributed by atoms with van der Waals surface area (Å²) in [7, 11) is 0. The van der Waals surface area contributed by atoms with Crippen molar-refractivity contribution < 1.29 is 9.13 Å². The topological polar surface area (TPSA) is 24.5 Å². The fraction of sp³-hybridized carbons (Fsp3) is 0.316. The molecule has 0 bridgehead atoms. The van der Waals surface area contributed by atoms with Crippen LogP contribution in [-0.2, 0) is 4.74 Å². The molecule has 0 saturated carbocycles. The SMILES string of the molecule is Fc1ccc([C@H](CC(=S)Nc2ccccc2)N2CCOCC2)cc1. The lowest BCUT2D eigenvalue weighted by Crippen LogP contribution is -2.40. The second-order valence-corrected chi connectivity index (χ2v) is 6.33. The highest BCUT2D eigenvalue weighted by molar-refractivity contribution is 7.80. The number of para-hydroxylation sites is 1. The van der Waals surface area contributed by atoms with Crippen LogP contribution in [0.15, 0.2) is 54.6 Å². The molecule has 1 atom stereocenters. The molecular formula is C19H21FN2OS. The van der Waals surface area contributed by atoms with Gasteiger partial charge in [0.2, 0.25) is 0 Å². The number of rotatable bonds is 5. The summed E-state index contributed by atoms with van der Waals surface area (Å²) in [5.74, 6) is -0.218. The second kappa shape index (κ2) is 8.33. The van der Waals surface area contributed by atoms with Gasteiger partial charge in [-0.25, -0.2) is 4.39 Å². The summed E-state index contributed by atoms with van der Waals surface area (Å²) in [5, 5.41) is 3.29. The van der Waals surface area contributed by atoms with Gasteiger partial charge in [-0.05, 0) is 29.8 Å². The van der Waals surface area contributed by atoms with Gasteiger partial charge in [-0.3, -0.25) is 4.90 Å². The van der Waals surface area contributed by atoms with Gasteiger partial charge in [0.05, 0.1) is 18.2 Å². The average Bonchev–Trinajstić information content (AvgIpc) is 2.62. The number of hydrogen-bond donors (Lipinski definition) is 1. The molecule has 0 spiro atoms. The summed E-state index contributed by atoms with van der Waals surface area (Å²) in [6, 6.07) is 16.8. The molecule has 2 aromatic rings. The van der Waals surface area contributed by atoms with Crippen molar-refractivity contribution in [2.75, 3.05) is 31.6 Å². The molecule has 0 aromatic heterocycles. The number of halogens is 1. The summed E-state index contributed by atoms with van der Waals surface area (Å²) in [6.45, 7) is 3.15. The van der Waals surface area contributed by atoms with E-state index in [0.29, 0.717) is 6.42 Å². The molecule has 1 heterocycles. The summed E-state index contributed by atoms with van der Waals surface area (Å²) >= 11 is 5.56. The first-order valence-corrected chi connectivity index (χ1v) is 8.55. The molecule has 1 saturated heterocycles. The van der Waals surface area contributed by atoms with Crippen LogP contribution < -0.4 is 5.32 Å². The van der Waals surface area contributed by atoms with Crippen molar-refractivity contribution in [1.82, 2.24) is 4.90 Å². The van der Waals surface area contributed by atoms with Crippen LogP contribution >= 0.6 is 12.2 Å². The summed E-state index contributed by atoms with van der Waals surface area (Å²) in [4.78, 5) is 3.14. The van der Waals surface area contributed by atoms with Crippen LogP contribution in [0, 0.1) is 5.82 Å². The molecule has 1 fully saturated rings. The van der Waals surface area contributed by atoms with Crippen LogP contribution in [0.3, 0.4) is 0 Å². The molecule has 5 heteroatoms. The van der Waals surface area contributed by atoms with E-state index in [1.807, 2.05) is 42.5 Å². The number of ether oxygens (including phenoxy) is 1. The van der Waals surface area contributed by atoms with Crippen LogP contribution in [0.5, 0.6) is 0 Å². The van der Waals surface area contributed by atoms with Gasteiger partial charge >= 0.3 is 0 Å². The third-order valence-electron chi connectivity index (χ3n) is 4.18.